The van der Waals surface area contributed by atoms with Crippen molar-refractivity contribution in [1.29, 1.82) is 0 Å². The van der Waals surface area contributed by atoms with E-state index in [0.29, 0.717) is 16.9 Å². The van der Waals surface area contributed by atoms with E-state index in [1.807, 2.05) is 6.07 Å². The molecule has 0 saturated heterocycles. The molecule has 8 nitrogen and oxygen atoms in total. The molecular formula is C24H21FN4O4. The lowest BCUT2D eigenvalue weighted by molar-refractivity contribution is 0.0938. The minimum Gasteiger partial charge on any atom is -0.467 e. The molecule has 4 aromatic rings. The molecule has 1 N–H and O–H groups in total. The minimum atomic E-state index is -0.850. The first kappa shape index (κ1) is 21.9. The van der Waals surface area contributed by atoms with E-state index < -0.39 is 34.7 Å². The van der Waals surface area contributed by atoms with Gasteiger partial charge in [0.05, 0.1) is 24.5 Å². The number of furan rings is 1. The van der Waals surface area contributed by atoms with Crippen LogP contribution in [0.4, 0.5) is 4.39 Å². The summed E-state index contributed by atoms with van der Waals surface area (Å²) in [5, 5.41) is 6.58. The largest absolute Gasteiger partial charge is 0.467 e. The Bertz CT molecular complexity index is 1410. The highest BCUT2D eigenvalue weighted by Gasteiger charge is 2.24. The maximum Gasteiger partial charge on any atom is 0.352 e. The lowest BCUT2D eigenvalue weighted by atomic mass is 10.1. The third-order valence-electron chi connectivity index (χ3n) is 5.30. The zero-order chi connectivity index (χ0) is 23.5. The van der Waals surface area contributed by atoms with Crippen molar-refractivity contribution in [1.82, 2.24) is 19.7 Å². The Morgan fingerprint density at radius 1 is 1.12 bits per heavy atom. The monoisotopic (exact) mass is 448 g/mol. The fourth-order valence-corrected chi connectivity index (χ4v) is 3.40. The number of halogens is 1. The molecule has 0 fully saturated rings. The maximum atomic E-state index is 14.2. The highest BCUT2D eigenvalue weighted by Crippen LogP contribution is 2.15. The molecule has 0 bridgehead atoms. The lowest BCUT2D eigenvalue weighted by Crippen LogP contribution is -2.47. The number of amides is 1. The van der Waals surface area contributed by atoms with Gasteiger partial charge in [-0.05, 0) is 43.2 Å². The van der Waals surface area contributed by atoms with Gasteiger partial charge in [-0.2, -0.15) is 9.78 Å². The van der Waals surface area contributed by atoms with Crippen molar-refractivity contribution in [2.45, 2.75) is 26.4 Å². The number of nitrogens with one attached hydrogen (secondary N) is 1. The molecule has 0 aliphatic carbocycles. The smallest absolute Gasteiger partial charge is 0.352 e. The Kier molecular flexibility index (Phi) is 6.03. The van der Waals surface area contributed by atoms with Crippen LogP contribution in [0.3, 0.4) is 0 Å². The molecule has 168 valence electrons. The van der Waals surface area contributed by atoms with Crippen molar-refractivity contribution >= 4 is 5.91 Å². The summed E-state index contributed by atoms with van der Waals surface area (Å²) in [6.45, 7) is 3.28. The van der Waals surface area contributed by atoms with Crippen LogP contribution in [-0.4, -0.2) is 20.3 Å². The number of aryl methyl sites for hydroxylation is 1. The molecule has 0 spiro atoms. The van der Waals surface area contributed by atoms with Gasteiger partial charge >= 0.3 is 5.69 Å². The SMILES string of the molecule is Cc1ccc(-n2nc(C(=O)NCc3ccco3)c(=O)n([C@@H](C)c3ccccc3)c2=O)cc1F. The minimum absolute atomic E-state index is 0.0273. The zero-order valence-corrected chi connectivity index (χ0v) is 18.0. The van der Waals surface area contributed by atoms with Gasteiger partial charge < -0.3 is 9.73 Å². The number of hydrogen-bond donors (Lipinski definition) is 1. The first-order valence-corrected chi connectivity index (χ1v) is 10.2. The van der Waals surface area contributed by atoms with Crippen LogP contribution in [0, 0.1) is 12.7 Å². The molecule has 0 saturated carbocycles. The van der Waals surface area contributed by atoms with Crippen LogP contribution in [0.1, 0.15) is 40.3 Å². The van der Waals surface area contributed by atoms with Crippen LogP contribution in [0.5, 0.6) is 0 Å². The van der Waals surface area contributed by atoms with Gasteiger partial charge in [0.25, 0.3) is 11.5 Å². The molecule has 2 heterocycles. The summed E-state index contributed by atoms with van der Waals surface area (Å²) in [5.41, 5.74) is -0.970. The van der Waals surface area contributed by atoms with Gasteiger partial charge in [-0.25, -0.2) is 13.8 Å². The second kappa shape index (κ2) is 9.07. The number of benzene rings is 2. The molecule has 0 aliphatic heterocycles. The summed E-state index contributed by atoms with van der Waals surface area (Å²) < 4.78 is 21.2. The summed E-state index contributed by atoms with van der Waals surface area (Å²) in [7, 11) is 0. The average Bonchev–Trinajstić information content (AvgIpc) is 3.34. The normalized spacial score (nSPS) is 11.8. The molecular weight excluding hydrogens is 427 g/mol. The number of rotatable bonds is 6. The lowest BCUT2D eigenvalue weighted by Gasteiger charge is -2.18. The van der Waals surface area contributed by atoms with E-state index in [9.17, 15) is 18.8 Å². The van der Waals surface area contributed by atoms with E-state index in [1.165, 1.54) is 18.4 Å². The van der Waals surface area contributed by atoms with Gasteiger partial charge in [-0.3, -0.25) is 9.59 Å². The first-order valence-electron chi connectivity index (χ1n) is 10.2. The van der Waals surface area contributed by atoms with Crippen molar-refractivity contribution in [2.75, 3.05) is 0 Å². The third-order valence-corrected chi connectivity index (χ3v) is 5.30. The Hall–Kier alpha value is -4.27. The molecule has 9 heteroatoms. The summed E-state index contributed by atoms with van der Waals surface area (Å²) in [6, 6.07) is 15.7. The Balaban J connectivity index is 1.86. The van der Waals surface area contributed by atoms with Crippen LogP contribution in [0.25, 0.3) is 5.69 Å². The predicted molar refractivity (Wildman–Crippen MR) is 119 cm³/mol. The molecule has 0 radical (unpaired) electrons. The van der Waals surface area contributed by atoms with E-state index in [1.54, 1.807) is 50.2 Å². The summed E-state index contributed by atoms with van der Waals surface area (Å²) in [6.07, 6.45) is 1.46. The molecule has 33 heavy (non-hydrogen) atoms. The highest BCUT2D eigenvalue weighted by atomic mass is 19.1. The maximum absolute atomic E-state index is 14.2. The molecule has 1 amide bonds. The van der Waals surface area contributed by atoms with Crippen molar-refractivity contribution in [3.8, 4) is 5.69 Å². The zero-order valence-electron chi connectivity index (χ0n) is 18.0. The number of aromatic nitrogens is 3. The Labute approximate surface area is 187 Å². The van der Waals surface area contributed by atoms with Crippen LogP contribution in [0.2, 0.25) is 0 Å². The predicted octanol–water partition coefficient (Wildman–Crippen LogP) is 2.97. The first-order chi connectivity index (χ1) is 15.9. The number of carbonyl (C=O) groups excluding carboxylic acids is 1. The van der Waals surface area contributed by atoms with E-state index in [-0.39, 0.29) is 12.2 Å². The van der Waals surface area contributed by atoms with Crippen molar-refractivity contribution in [3.05, 3.63) is 116 Å². The van der Waals surface area contributed by atoms with Gasteiger partial charge in [-0.1, -0.05) is 36.4 Å². The molecule has 4 rings (SSSR count). The average molecular weight is 448 g/mol. The summed E-state index contributed by atoms with van der Waals surface area (Å²) in [5.74, 6) is -0.846. The highest BCUT2D eigenvalue weighted by molar-refractivity contribution is 5.91. The molecule has 2 aromatic carbocycles. The third kappa shape index (κ3) is 4.38. The Morgan fingerprint density at radius 2 is 1.88 bits per heavy atom. The second-order valence-corrected chi connectivity index (χ2v) is 7.50. The number of hydrogen-bond acceptors (Lipinski definition) is 5. The van der Waals surface area contributed by atoms with Crippen molar-refractivity contribution < 1.29 is 13.6 Å². The molecule has 0 unspecified atom stereocenters. The van der Waals surface area contributed by atoms with Gasteiger partial charge in [0.2, 0.25) is 5.69 Å². The standard InChI is InChI=1S/C24H21FN4O4/c1-15-10-11-18(13-20(15)25)29-24(32)28(16(2)17-7-4-3-5-8-17)23(31)21(27-29)22(30)26-14-19-9-6-12-33-19/h3-13,16H,14H2,1-2H3,(H,26,30)/t16-/m0/s1. The number of nitrogens with zero attached hydrogens (tertiary/aromatic N) is 3. The van der Waals surface area contributed by atoms with Gasteiger partial charge in [0.1, 0.15) is 11.6 Å². The van der Waals surface area contributed by atoms with Crippen molar-refractivity contribution in [3.63, 3.8) is 0 Å². The Morgan fingerprint density at radius 3 is 2.55 bits per heavy atom. The number of carbonyl (C=O) groups is 1. The van der Waals surface area contributed by atoms with Crippen molar-refractivity contribution in [2.24, 2.45) is 0 Å². The van der Waals surface area contributed by atoms with Crippen LogP contribution >= 0.6 is 0 Å². The van der Waals surface area contributed by atoms with E-state index in [4.69, 9.17) is 4.42 Å². The van der Waals surface area contributed by atoms with Gasteiger partial charge in [0, 0.05) is 6.07 Å². The molecule has 2 aromatic heterocycles. The quantitative estimate of drug-likeness (QED) is 0.489. The van der Waals surface area contributed by atoms with E-state index >= 15 is 0 Å². The van der Waals surface area contributed by atoms with Crippen LogP contribution < -0.4 is 16.6 Å². The van der Waals surface area contributed by atoms with E-state index in [0.717, 1.165) is 15.3 Å². The van der Waals surface area contributed by atoms with Gasteiger partial charge in [-0.15, -0.1) is 0 Å². The fourth-order valence-electron chi connectivity index (χ4n) is 3.40. The molecule has 0 aliphatic rings. The van der Waals surface area contributed by atoms with E-state index in [2.05, 4.69) is 10.4 Å². The summed E-state index contributed by atoms with van der Waals surface area (Å²) in [4.78, 5) is 39.4. The molecule has 1 atom stereocenters. The summed E-state index contributed by atoms with van der Waals surface area (Å²) >= 11 is 0. The van der Waals surface area contributed by atoms with Crippen LogP contribution in [-0.2, 0) is 6.54 Å². The van der Waals surface area contributed by atoms with Crippen LogP contribution in [0.15, 0.2) is 80.9 Å². The topological polar surface area (TPSA) is 99.1 Å². The van der Waals surface area contributed by atoms with Gasteiger partial charge in [0.15, 0.2) is 0 Å². The fraction of sp³-hybridized carbons (Fsp3) is 0.167. The second-order valence-electron chi connectivity index (χ2n) is 7.50.